The maximum atomic E-state index is 11.3. The number of carboxylic acids is 1. The van der Waals surface area contributed by atoms with Crippen molar-refractivity contribution in [2.45, 2.75) is 6.10 Å². The van der Waals surface area contributed by atoms with E-state index in [0.717, 1.165) is 0 Å². The number of ether oxygens (including phenoxy) is 1. The molecule has 1 atom stereocenters. The van der Waals surface area contributed by atoms with Crippen molar-refractivity contribution < 1.29 is 14.6 Å². The highest BCUT2D eigenvalue weighted by atomic mass is 35.5. The van der Waals surface area contributed by atoms with Gasteiger partial charge in [-0.2, -0.15) is 0 Å². The molecule has 0 unspecified atom stereocenters. The molecule has 0 fully saturated rings. The number of aliphatic carboxylic acids is 1. The van der Waals surface area contributed by atoms with Gasteiger partial charge in [-0.1, -0.05) is 53.5 Å². The quantitative estimate of drug-likeness (QED) is 0.920. The van der Waals surface area contributed by atoms with Crippen LogP contribution in [0, 0.1) is 0 Å². The van der Waals surface area contributed by atoms with Crippen LogP contribution in [0.1, 0.15) is 11.7 Å². The Morgan fingerprint density at radius 3 is 2.37 bits per heavy atom. The summed E-state index contributed by atoms with van der Waals surface area (Å²) in [5, 5.41) is 9.97. The summed E-state index contributed by atoms with van der Waals surface area (Å²) in [6.07, 6.45) is -1.11. The lowest BCUT2D eigenvalue weighted by Crippen LogP contribution is -2.18. The van der Waals surface area contributed by atoms with Crippen LogP contribution in [0.25, 0.3) is 0 Å². The molecule has 0 heterocycles. The van der Waals surface area contributed by atoms with Crippen molar-refractivity contribution in [3.8, 4) is 5.75 Å². The standard InChI is InChI=1S/C14H10Cl2O3/c15-10-6-7-12(11(16)8-10)19-13(14(17)18)9-4-2-1-3-5-9/h1-8,13H,(H,17,18)/t13-/m1/s1. The number of carbonyl (C=O) groups is 1. The molecule has 2 aromatic carbocycles. The van der Waals surface area contributed by atoms with E-state index in [-0.39, 0.29) is 10.8 Å². The number of benzene rings is 2. The van der Waals surface area contributed by atoms with Crippen molar-refractivity contribution in [3.63, 3.8) is 0 Å². The van der Waals surface area contributed by atoms with Crippen LogP contribution in [0.4, 0.5) is 0 Å². The molecule has 19 heavy (non-hydrogen) atoms. The summed E-state index contributed by atoms with van der Waals surface area (Å²) in [7, 11) is 0. The van der Waals surface area contributed by atoms with Gasteiger partial charge in [-0.05, 0) is 18.2 Å². The van der Waals surface area contributed by atoms with E-state index in [1.54, 1.807) is 42.5 Å². The van der Waals surface area contributed by atoms with Gasteiger partial charge in [0.05, 0.1) is 5.02 Å². The van der Waals surface area contributed by atoms with Gasteiger partial charge in [-0.15, -0.1) is 0 Å². The number of carboxylic acid groups (broad SMARTS) is 1. The van der Waals surface area contributed by atoms with Crippen molar-refractivity contribution in [1.82, 2.24) is 0 Å². The van der Waals surface area contributed by atoms with E-state index in [1.807, 2.05) is 0 Å². The maximum Gasteiger partial charge on any atom is 0.349 e. The summed E-state index contributed by atoms with van der Waals surface area (Å²) in [6.45, 7) is 0. The number of halogens is 2. The average Bonchev–Trinajstić information content (AvgIpc) is 2.38. The monoisotopic (exact) mass is 296 g/mol. The van der Waals surface area contributed by atoms with Crippen LogP contribution in [0.3, 0.4) is 0 Å². The molecule has 0 aliphatic heterocycles. The van der Waals surface area contributed by atoms with Gasteiger partial charge in [-0.25, -0.2) is 4.79 Å². The molecule has 0 saturated heterocycles. The summed E-state index contributed by atoms with van der Waals surface area (Å²) < 4.78 is 5.46. The van der Waals surface area contributed by atoms with Gasteiger partial charge >= 0.3 is 5.97 Å². The van der Waals surface area contributed by atoms with Crippen LogP contribution in [-0.4, -0.2) is 11.1 Å². The molecule has 0 aromatic heterocycles. The second-order valence-electron chi connectivity index (χ2n) is 3.82. The third kappa shape index (κ3) is 3.40. The molecule has 0 aliphatic carbocycles. The number of hydrogen-bond donors (Lipinski definition) is 1. The second-order valence-corrected chi connectivity index (χ2v) is 4.67. The Labute approximate surface area is 120 Å². The molecule has 0 spiro atoms. The minimum Gasteiger partial charge on any atom is -0.478 e. The summed E-state index contributed by atoms with van der Waals surface area (Å²) in [4.78, 5) is 11.3. The fourth-order valence-electron chi connectivity index (χ4n) is 1.59. The Morgan fingerprint density at radius 1 is 1.11 bits per heavy atom. The molecule has 1 N–H and O–H groups in total. The minimum absolute atomic E-state index is 0.273. The molecule has 0 bridgehead atoms. The van der Waals surface area contributed by atoms with Crippen molar-refractivity contribution in [3.05, 3.63) is 64.1 Å². The zero-order valence-electron chi connectivity index (χ0n) is 9.72. The fourth-order valence-corrected chi connectivity index (χ4v) is 2.04. The second kappa shape index (κ2) is 5.95. The molecule has 3 nitrogen and oxygen atoms in total. The molecule has 2 aromatic rings. The van der Waals surface area contributed by atoms with Crippen molar-refractivity contribution >= 4 is 29.2 Å². The topological polar surface area (TPSA) is 46.5 Å². The Morgan fingerprint density at radius 2 is 1.79 bits per heavy atom. The van der Waals surface area contributed by atoms with Crippen molar-refractivity contribution in [2.24, 2.45) is 0 Å². The lowest BCUT2D eigenvalue weighted by molar-refractivity contribution is -0.145. The Bertz CT molecular complexity index is 584. The Hall–Kier alpha value is -1.71. The molecule has 0 aliphatic rings. The van der Waals surface area contributed by atoms with Crippen LogP contribution < -0.4 is 4.74 Å². The molecule has 0 saturated carbocycles. The van der Waals surface area contributed by atoms with Crippen LogP contribution in [0.5, 0.6) is 5.75 Å². The Kier molecular flexibility index (Phi) is 4.30. The molecule has 2 rings (SSSR count). The number of hydrogen-bond acceptors (Lipinski definition) is 2. The van der Waals surface area contributed by atoms with Gasteiger partial charge in [0, 0.05) is 10.6 Å². The van der Waals surface area contributed by atoms with Crippen LogP contribution in [-0.2, 0) is 4.79 Å². The predicted molar refractivity (Wildman–Crippen MR) is 73.9 cm³/mol. The number of rotatable bonds is 4. The average molecular weight is 297 g/mol. The van der Waals surface area contributed by atoms with E-state index in [2.05, 4.69) is 0 Å². The molecule has 0 radical (unpaired) electrons. The molecular weight excluding hydrogens is 287 g/mol. The molecule has 0 amide bonds. The highest BCUT2D eigenvalue weighted by Crippen LogP contribution is 2.31. The van der Waals surface area contributed by atoms with Crippen LogP contribution in [0.15, 0.2) is 48.5 Å². The highest BCUT2D eigenvalue weighted by Gasteiger charge is 2.22. The predicted octanol–water partition coefficient (Wildman–Crippen LogP) is 4.20. The smallest absolute Gasteiger partial charge is 0.349 e. The van der Waals surface area contributed by atoms with E-state index in [4.69, 9.17) is 27.9 Å². The first-order valence-electron chi connectivity index (χ1n) is 5.47. The van der Waals surface area contributed by atoms with E-state index < -0.39 is 12.1 Å². The van der Waals surface area contributed by atoms with Gasteiger partial charge < -0.3 is 9.84 Å². The summed E-state index contributed by atoms with van der Waals surface area (Å²) in [5.74, 6) is -0.806. The summed E-state index contributed by atoms with van der Waals surface area (Å²) >= 11 is 11.7. The third-order valence-electron chi connectivity index (χ3n) is 2.47. The van der Waals surface area contributed by atoms with E-state index in [0.29, 0.717) is 10.6 Å². The first-order valence-corrected chi connectivity index (χ1v) is 6.23. The van der Waals surface area contributed by atoms with Crippen molar-refractivity contribution in [2.75, 3.05) is 0 Å². The Balaban J connectivity index is 2.29. The minimum atomic E-state index is -1.11. The van der Waals surface area contributed by atoms with Crippen LogP contribution >= 0.6 is 23.2 Å². The first-order chi connectivity index (χ1) is 9.08. The van der Waals surface area contributed by atoms with E-state index >= 15 is 0 Å². The SMILES string of the molecule is O=C(O)[C@H](Oc1ccc(Cl)cc1Cl)c1ccccc1. The van der Waals surface area contributed by atoms with Crippen molar-refractivity contribution in [1.29, 1.82) is 0 Å². The maximum absolute atomic E-state index is 11.3. The van der Waals surface area contributed by atoms with Gasteiger partial charge in [-0.3, -0.25) is 0 Å². The lowest BCUT2D eigenvalue weighted by Gasteiger charge is -2.16. The van der Waals surface area contributed by atoms with E-state index in [1.165, 1.54) is 6.07 Å². The summed E-state index contributed by atoms with van der Waals surface area (Å²) in [6, 6.07) is 13.3. The molecule has 5 heteroatoms. The van der Waals surface area contributed by atoms with Gasteiger partial charge in [0.15, 0.2) is 0 Å². The van der Waals surface area contributed by atoms with Gasteiger partial charge in [0.1, 0.15) is 5.75 Å². The lowest BCUT2D eigenvalue weighted by atomic mass is 10.1. The van der Waals surface area contributed by atoms with Gasteiger partial charge in [0.2, 0.25) is 6.10 Å². The normalized spacial score (nSPS) is 11.9. The fraction of sp³-hybridized carbons (Fsp3) is 0.0714. The highest BCUT2D eigenvalue weighted by molar-refractivity contribution is 6.35. The zero-order chi connectivity index (χ0) is 13.8. The zero-order valence-corrected chi connectivity index (χ0v) is 11.2. The van der Waals surface area contributed by atoms with Gasteiger partial charge in [0.25, 0.3) is 0 Å². The molecule has 98 valence electrons. The van der Waals surface area contributed by atoms with Crippen LogP contribution in [0.2, 0.25) is 10.0 Å². The molecular formula is C14H10Cl2O3. The third-order valence-corrected chi connectivity index (χ3v) is 3.00. The first kappa shape index (κ1) is 13.7. The summed E-state index contributed by atoms with van der Waals surface area (Å²) in [5.41, 5.74) is 0.543. The largest absolute Gasteiger partial charge is 0.478 e. The van der Waals surface area contributed by atoms with E-state index in [9.17, 15) is 9.90 Å².